The van der Waals surface area contributed by atoms with E-state index in [1.807, 2.05) is 18.2 Å². The Kier molecular flexibility index (Phi) is 6.28. The van der Waals surface area contributed by atoms with Gasteiger partial charge in [0.15, 0.2) is 0 Å². The molecule has 0 radical (unpaired) electrons. The molecule has 0 amide bonds. The summed E-state index contributed by atoms with van der Waals surface area (Å²) in [5.41, 5.74) is 8.32. The summed E-state index contributed by atoms with van der Waals surface area (Å²) in [6.45, 7) is 0. The van der Waals surface area contributed by atoms with Gasteiger partial charge in [0, 0.05) is 29.9 Å². The summed E-state index contributed by atoms with van der Waals surface area (Å²) >= 11 is 0. The molecule has 0 saturated heterocycles. The van der Waals surface area contributed by atoms with Crippen LogP contribution < -0.4 is 9.47 Å². The Bertz CT molecular complexity index is 1870. The van der Waals surface area contributed by atoms with Crippen molar-refractivity contribution in [3.63, 3.8) is 0 Å². The maximum Gasteiger partial charge on any atom is 0.373 e. The molecule has 7 rings (SSSR count). The number of nitrogens with zero attached hydrogens (tertiary/aromatic N) is 2. The lowest BCUT2D eigenvalue weighted by Crippen LogP contribution is -2.34. The lowest BCUT2D eigenvalue weighted by atomic mass is 9.69. The van der Waals surface area contributed by atoms with E-state index in [1.165, 1.54) is 38.8 Å². The van der Waals surface area contributed by atoms with Crippen molar-refractivity contribution < 1.29 is 8.98 Å². The zero-order chi connectivity index (χ0) is 27.8. The van der Waals surface area contributed by atoms with Crippen LogP contribution in [0.2, 0.25) is 0 Å². The van der Waals surface area contributed by atoms with Crippen molar-refractivity contribution in [2.45, 2.75) is 18.3 Å². The zero-order valence-electron chi connectivity index (χ0n) is 23.5. The van der Waals surface area contributed by atoms with E-state index in [2.05, 4.69) is 145 Å². The quantitative estimate of drug-likeness (QED) is 0.201. The summed E-state index contributed by atoms with van der Waals surface area (Å²) in [5.74, 6) is 0.823. The van der Waals surface area contributed by atoms with Crippen LogP contribution in [0.25, 0.3) is 27.9 Å². The van der Waals surface area contributed by atoms with E-state index in [4.69, 9.17) is 4.42 Å². The van der Waals surface area contributed by atoms with Crippen LogP contribution in [0.5, 0.6) is 0 Å². The minimum atomic E-state index is -0.270. The molecule has 3 heteroatoms. The summed E-state index contributed by atoms with van der Waals surface area (Å²) < 4.78 is 8.29. The predicted octanol–water partition coefficient (Wildman–Crippen LogP) is 8.18. The predicted molar refractivity (Wildman–Crippen MR) is 169 cm³/mol. The summed E-state index contributed by atoms with van der Waals surface area (Å²) in [4.78, 5) is 2.40. The average molecular weight is 534 g/mol. The Labute approximate surface area is 241 Å². The number of fused-ring (bicyclic) bond motifs is 4. The highest BCUT2D eigenvalue weighted by Gasteiger charge is 2.47. The Morgan fingerprint density at radius 3 is 2.07 bits per heavy atom. The molecule has 0 N–H and O–H groups in total. The molecule has 1 aromatic heterocycles. The number of hydrogen-bond acceptors (Lipinski definition) is 2. The number of rotatable bonds is 6. The van der Waals surface area contributed by atoms with Gasteiger partial charge in [0.1, 0.15) is 7.05 Å². The van der Waals surface area contributed by atoms with Crippen LogP contribution in [0.4, 0.5) is 5.69 Å². The van der Waals surface area contributed by atoms with Crippen LogP contribution >= 0.6 is 0 Å². The minimum Gasteiger partial charge on any atom is -0.398 e. The first kappa shape index (κ1) is 25.1. The van der Waals surface area contributed by atoms with Gasteiger partial charge in [-0.05, 0) is 58.5 Å². The molecule has 3 nitrogen and oxygen atoms in total. The van der Waals surface area contributed by atoms with E-state index < -0.39 is 0 Å². The average Bonchev–Trinajstić information content (AvgIpc) is 3.45. The summed E-state index contributed by atoms with van der Waals surface area (Å²) in [7, 11) is 4.27. The van der Waals surface area contributed by atoms with Crippen LogP contribution in [0.3, 0.4) is 0 Å². The lowest BCUT2D eigenvalue weighted by Gasteiger charge is -2.34. The molecule has 0 bridgehead atoms. The zero-order valence-corrected chi connectivity index (χ0v) is 23.5. The molecule has 0 atom stereocenters. The molecular formula is C38H33N2O+. The Morgan fingerprint density at radius 2 is 1.37 bits per heavy atom. The van der Waals surface area contributed by atoms with E-state index in [0.717, 1.165) is 29.8 Å². The van der Waals surface area contributed by atoms with Gasteiger partial charge in [-0.2, -0.15) is 4.57 Å². The molecule has 0 saturated carbocycles. The number of hydrogen-bond donors (Lipinski definition) is 0. The van der Waals surface area contributed by atoms with E-state index >= 15 is 0 Å². The first-order chi connectivity index (χ1) is 20.1. The van der Waals surface area contributed by atoms with Gasteiger partial charge in [0.25, 0.3) is 5.52 Å². The van der Waals surface area contributed by atoms with Crippen LogP contribution in [0, 0.1) is 0 Å². The Balaban J connectivity index is 1.44. The lowest BCUT2D eigenvalue weighted by molar-refractivity contribution is -0.652. The smallest absolute Gasteiger partial charge is 0.373 e. The molecule has 2 heterocycles. The summed E-state index contributed by atoms with van der Waals surface area (Å²) in [6, 6.07) is 43.4. The molecule has 0 spiro atoms. The maximum atomic E-state index is 6.19. The van der Waals surface area contributed by atoms with E-state index in [0.29, 0.717) is 0 Å². The fourth-order valence-corrected chi connectivity index (χ4v) is 6.69. The standard InChI is InChI=1S/C38H33N2O/c1-39-33-25-24-30-18-9-10-19-31(30)37(33)38(26-28-14-5-3-6-15-28,27-29-16-7-4-8-17-29)35(39)22-13-23-36-40(2)32-20-11-12-21-34(32)41-36/h3-25H,26-27H2,1-2H3/q+1. The minimum absolute atomic E-state index is 0.270. The number of para-hydroxylation sites is 2. The molecular weight excluding hydrogens is 500 g/mol. The third-order valence-electron chi connectivity index (χ3n) is 8.56. The third kappa shape index (κ3) is 4.35. The number of aromatic nitrogens is 1. The number of allylic oxidation sites excluding steroid dienone is 3. The number of likely N-dealkylation sites (N-methyl/N-ethyl adjacent to an activating group) is 1. The first-order valence-corrected chi connectivity index (χ1v) is 14.2. The van der Waals surface area contributed by atoms with E-state index in [1.54, 1.807) is 0 Å². The van der Waals surface area contributed by atoms with Crippen molar-refractivity contribution in [3.8, 4) is 0 Å². The first-order valence-electron chi connectivity index (χ1n) is 14.2. The van der Waals surface area contributed by atoms with Crippen molar-refractivity contribution in [2.75, 3.05) is 11.9 Å². The van der Waals surface area contributed by atoms with E-state index in [9.17, 15) is 0 Å². The second-order valence-corrected chi connectivity index (χ2v) is 11.0. The van der Waals surface area contributed by atoms with Gasteiger partial charge < -0.3 is 9.32 Å². The molecule has 200 valence electrons. The Hall–Kier alpha value is -4.89. The summed E-state index contributed by atoms with van der Waals surface area (Å²) in [6.07, 6.45) is 8.33. The van der Waals surface area contributed by atoms with Crippen molar-refractivity contribution in [2.24, 2.45) is 7.05 Å². The van der Waals surface area contributed by atoms with Gasteiger partial charge in [-0.1, -0.05) is 109 Å². The van der Waals surface area contributed by atoms with Crippen LogP contribution in [0.15, 0.2) is 144 Å². The second kappa shape index (κ2) is 10.3. The monoisotopic (exact) mass is 533 g/mol. The Morgan fingerprint density at radius 1 is 0.732 bits per heavy atom. The largest absolute Gasteiger partial charge is 0.398 e. The van der Waals surface area contributed by atoms with Gasteiger partial charge in [-0.3, -0.25) is 0 Å². The molecule has 41 heavy (non-hydrogen) atoms. The van der Waals surface area contributed by atoms with Gasteiger partial charge in [0.2, 0.25) is 5.58 Å². The van der Waals surface area contributed by atoms with Crippen molar-refractivity contribution in [3.05, 3.63) is 162 Å². The van der Waals surface area contributed by atoms with Gasteiger partial charge in [-0.25, -0.2) is 0 Å². The van der Waals surface area contributed by atoms with Crippen LogP contribution in [-0.2, 0) is 25.3 Å². The highest BCUT2D eigenvalue weighted by Crippen LogP contribution is 2.53. The molecule has 1 aliphatic rings. The van der Waals surface area contributed by atoms with Crippen molar-refractivity contribution in [1.29, 1.82) is 0 Å². The summed E-state index contributed by atoms with van der Waals surface area (Å²) in [5, 5.41) is 2.59. The maximum absolute atomic E-state index is 6.19. The number of oxazole rings is 1. The number of anilines is 1. The van der Waals surface area contributed by atoms with Gasteiger partial charge >= 0.3 is 5.89 Å². The SMILES string of the molecule is CN1C(=CC=Cc2oc3ccccc3[n+]2C)C(Cc2ccccc2)(Cc2ccccc2)c2c1ccc1ccccc21. The fraction of sp³-hybridized carbons (Fsp3) is 0.132. The van der Waals surface area contributed by atoms with Gasteiger partial charge in [0.05, 0.1) is 6.08 Å². The molecule has 6 aromatic rings. The number of benzene rings is 5. The van der Waals surface area contributed by atoms with E-state index in [-0.39, 0.29) is 5.41 Å². The fourth-order valence-electron chi connectivity index (χ4n) is 6.69. The third-order valence-corrected chi connectivity index (χ3v) is 8.56. The van der Waals surface area contributed by atoms with Crippen molar-refractivity contribution in [1.82, 2.24) is 0 Å². The molecule has 0 aliphatic carbocycles. The number of aryl methyl sites for hydroxylation is 1. The second-order valence-electron chi connectivity index (χ2n) is 11.0. The van der Waals surface area contributed by atoms with Crippen molar-refractivity contribution >= 4 is 33.6 Å². The molecule has 5 aromatic carbocycles. The van der Waals surface area contributed by atoms with Crippen LogP contribution in [0.1, 0.15) is 22.6 Å². The molecule has 0 unspecified atom stereocenters. The highest BCUT2D eigenvalue weighted by molar-refractivity contribution is 5.95. The normalized spacial score (nSPS) is 15.4. The highest BCUT2D eigenvalue weighted by atomic mass is 16.3. The molecule has 1 aliphatic heterocycles. The van der Waals surface area contributed by atoms with Crippen LogP contribution in [-0.4, -0.2) is 7.05 Å². The topological polar surface area (TPSA) is 20.3 Å². The molecule has 0 fully saturated rings. The van der Waals surface area contributed by atoms with Gasteiger partial charge in [-0.15, -0.1) is 0 Å².